The average Bonchev–Trinajstić information content (AvgIpc) is 3.11. The number of halogens is 2. The molecule has 0 saturated heterocycles. The van der Waals surface area contributed by atoms with Gasteiger partial charge in [-0.15, -0.1) is 0 Å². The van der Waals surface area contributed by atoms with E-state index < -0.39 is 0 Å². The minimum absolute atomic E-state index is 0.244. The number of aromatic nitrogens is 2. The molecule has 4 aromatic rings. The number of methoxy groups -OCH3 is 1. The molecule has 0 unspecified atom stereocenters. The first-order valence-corrected chi connectivity index (χ1v) is 9.79. The Bertz CT molecular complexity index is 1290. The van der Waals surface area contributed by atoms with Crippen molar-refractivity contribution >= 4 is 46.1 Å². The van der Waals surface area contributed by atoms with Gasteiger partial charge in [0, 0.05) is 27.4 Å². The molecular formula is C22H17Cl2N3O3. The van der Waals surface area contributed by atoms with E-state index in [0.717, 1.165) is 16.6 Å². The van der Waals surface area contributed by atoms with Gasteiger partial charge in [0.25, 0.3) is 0 Å². The molecule has 1 heterocycles. The van der Waals surface area contributed by atoms with Crippen molar-refractivity contribution in [3.8, 4) is 11.5 Å². The van der Waals surface area contributed by atoms with E-state index in [9.17, 15) is 4.79 Å². The molecule has 3 aromatic carbocycles. The summed E-state index contributed by atoms with van der Waals surface area (Å²) in [5.41, 5.74) is 3.39. The van der Waals surface area contributed by atoms with Crippen LogP contribution in [0.2, 0.25) is 10.0 Å². The normalized spacial score (nSPS) is 11.3. The van der Waals surface area contributed by atoms with Crippen LogP contribution < -0.4 is 15.2 Å². The van der Waals surface area contributed by atoms with E-state index in [-0.39, 0.29) is 12.3 Å². The molecule has 4 rings (SSSR count). The van der Waals surface area contributed by atoms with Crippen LogP contribution in [-0.2, 0) is 6.61 Å². The molecular weight excluding hydrogens is 425 g/mol. The van der Waals surface area contributed by atoms with E-state index in [1.54, 1.807) is 37.6 Å². The first kappa shape index (κ1) is 20.1. The molecule has 6 nitrogen and oxygen atoms in total. The van der Waals surface area contributed by atoms with Gasteiger partial charge in [0.15, 0.2) is 11.5 Å². The average molecular weight is 442 g/mol. The van der Waals surface area contributed by atoms with Crippen LogP contribution in [0.1, 0.15) is 11.1 Å². The zero-order valence-corrected chi connectivity index (χ0v) is 17.4. The Hall–Kier alpha value is -3.22. The van der Waals surface area contributed by atoms with Crippen LogP contribution in [0.15, 0.2) is 64.4 Å². The number of fused-ring (bicyclic) bond motifs is 1. The van der Waals surface area contributed by atoms with E-state index >= 15 is 0 Å². The summed E-state index contributed by atoms with van der Waals surface area (Å²) < 4.78 is 11.5. The Morgan fingerprint density at radius 1 is 1.03 bits per heavy atom. The fourth-order valence-corrected chi connectivity index (χ4v) is 3.45. The lowest BCUT2D eigenvalue weighted by Gasteiger charge is -2.14. The maximum Gasteiger partial charge on any atom is 0.323 e. The minimum Gasteiger partial charge on any atom is -0.493 e. The Labute approximate surface area is 182 Å². The number of rotatable bonds is 6. The van der Waals surface area contributed by atoms with Crippen molar-refractivity contribution in [3.63, 3.8) is 0 Å². The standard InChI is InChI=1S/C22H17Cl2N3O3/c1-29-20-4-2-3-13(21(20)30-12-14-5-6-15(23)9-17(14)24)11-25-16-7-8-18-19(10-16)27-22(28)26-18/h2-11H,12H2,1H3,(H2,26,27,28). The summed E-state index contributed by atoms with van der Waals surface area (Å²) >= 11 is 12.2. The first-order chi connectivity index (χ1) is 14.5. The van der Waals surface area contributed by atoms with Gasteiger partial charge >= 0.3 is 5.69 Å². The third-order valence-electron chi connectivity index (χ3n) is 4.47. The van der Waals surface area contributed by atoms with Gasteiger partial charge in [0.05, 0.1) is 23.8 Å². The fourth-order valence-electron chi connectivity index (χ4n) is 2.98. The van der Waals surface area contributed by atoms with Crippen LogP contribution in [0.5, 0.6) is 11.5 Å². The molecule has 1 aromatic heterocycles. The fraction of sp³-hybridized carbons (Fsp3) is 0.0909. The third-order valence-corrected chi connectivity index (χ3v) is 5.06. The van der Waals surface area contributed by atoms with Crippen molar-refractivity contribution in [2.75, 3.05) is 7.11 Å². The number of aromatic amines is 2. The second kappa shape index (κ2) is 8.65. The van der Waals surface area contributed by atoms with Crippen molar-refractivity contribution in [2.45, 2.75) is 6.61 Å². The predicted octanol–water partition coefficient (Wildman–Crippen LogP) is 5.50. The van der Waals surface area contributed by atoms with Gasteiger partial charge in [-0.2, -0.15) is 0 Å². The summed E-state index contributed by atoms with van der Waals surface area (Å²) in [4.78, 5) is 21.4. The van der Waals surface area contributed by atoms with Gasteiger partial charge in [-0.05, 0) is 42.5 Å². The Kier molecular flexibility index (Phi) is 5.79. The second-order valence-electron chi connectivity index (χ2n) is 6.47. The minimum atomic E-state index is -0.254. The molecule has 0 atom stereocenters. The molecule has 0 radical (unpaired) electrons. The van der Waals surface area contributed by atoms with Crippen molar-refractivity contribution in [2.24, 2.45) is 4.99 Å². The van der Waals surface area contributed by atoms with Crippen LogP contribution in [0.4, 0.5) is 5.69 Å². The molecule has 30 heavy (non-hydrogen) atoms. The van der Waals surface area contributed by atoms with Gasteiger partial charge in [0.2, 0.25) is 0 Å². The van der Waals surface area contributed by atoms with Crippen LogP contribution in [-0.4, -0.2) is 23.3 Å². The summed E-state index contributed by atoms with van der Waals surface area (Å²) in [6.07, 6.45) is 1.69. The number of nitrogens with zero attached hydrogens (tertiary/aromatic N) is 1. The van der Waals surface area contributed by atoms with Gasteiger partial charge in [-0.25, -0.2) is 4.79 Å². The molecule has 0 aliphatic rings. The number of aliphatic imine (C=N–C) groups is 1. The maximum absolute atomic E-state index is 11.4. The number of nitrogens with one attached hydrogen (secondary N) is 2. The molecule has 0 spiro atoms. The first-order valence-electron chi connectivity index (χ1n) is 9.03. The van der Waals surface area contributed by atoms with Crippen molar-refractivity contribution in [1.29, 1.82) is 0 Å². The number of benzene rings is 3. The number of H-pyrrole nitrogens is 2. The maximum atomic E-state index is 11.4. The van der Waals surface area contributed by atoms with Crippen molar-refractivity contribution < 1.29 is 9.47 Å². The highest BCUT2D eigenvalue weighted by Crippen LogP contribution is 2.32. The largest absolute Gasteiger partial charge is 0.493 e. The summed E-state index contributed by atoms with van der Waals surface area (Å²) in [6.45, 7) is 0.244. The Balaban J connectivity index is 1.62. The number of para-hydroxylation sites is 1. The summed E-state index contributed by atoms with van der Waals surface area (Å²) in [6, 6.07) is 16.2. The molecule has 0 fully saturated rings. The smallest absolute Gasteiger partial charge is 0.323 e. The van der Waals surface area contributed by atoms with Crippen LogP contribution in [0.25, 0.3) is 11.0 Å². The number of ether oxygens (including phenoxy) is 2. The lowest BCUT2D eigenvalue weighted by Crippen LogP contribution is -2.01. The van der Waals surface area contributed by atoms with Crippen molar-refractivity contribution in [1.82, 2.24) is 9.97 Å². The quantitative estimate of drug-likeness (QED) is 0.387. The monoisotopic (exact) mass is 441 g/mol. The van der Waals surface area contributed by atoms with Gasteiger partial charge in [-0.1, -0.05) is 35.3 Å². The summed E-state index contributed by atoms with van der Waals surface area (Å²) in [5.74, 6) is 1.13. The molecule has 2 N–H and O–H groups in total. The SMILES string of the molecule is COc1cccc(C=Nc2ccc3[nH]c(=O)[nH]c3c2)c1OCc1ccc(Cl)cc1Cl. The van der Waals surface area contributed by atoms with E-state index in [4.69, 9.17) is 32.7 Å². The van der Waals surface area contributed by atoms with E-state index in [1.165, 1.54) is 0 Å². The van der Waals surface area contributed by atoms with Crippen LogP contribution >= 0.6 is 23.2 Å². The van der Waals surface area contributed by atoms with Crippen LogP contribution in [0.3, 0.4) is 0 Å². The zero-order chi connectivity index (χ0) is 21.1. The highest BCUT2D eigenvalue weighted by Gasteiger charge is 2.11. The molecule has 0 amide bonds. The highest BCUT2D eigenvalue weighted by molar-refractivity contribution is 6.35. The lowest BCUT2D eigenvalue weighted by molar-refractivity contribution is 0.284. The molecule has 8 heteroatoms. The second-order valence-corrected chi connectivity index (χ2v) is 7.31. The molecule has 0 aliphatic heterocycles. The van der Waals surface area contributed by atoms with Gasteiger partial charge < -0.3 is 19.4 Å². The summed E-state index contributed by atoms with van der Waals surface area (Å²) in [7, 11) is 1.58. The highest BCUT2D eigenvalue weighted by atomic mass is 35.5. The topological polar surface area (TPSA) is 79.5 Å². The molecule has 0 aliphatic carbocycles. The molecule has 0 bridgehead atoms. The molecule has 152 valence electrons. The zero-order valence-electron chi connectivity index (χ0n) is 15.9. The number of hydrogen-bond acceptors (Lipinski definition) is 4. The summed E-state index contributed by atoms with van der Waals surface area (Å²) in [5, 5.41) is 1.09. The number of hydrogen-bond donors (Lipinski definition) is 2. The van der Waals surface area contributed by atoms with E-state index in [2.05, 4.69) is 15.0 Å². The Morgan fingerprint density at radius 2 is 1.87 bits per heavy atom. The molecule has 0 saturated carbocycles. The van der Waals surface area contributed by atoms with Crippen LogP contribution in [0, 0.1) is 0 Å². The number of imidazole rings is 1. The van der Waals surface area contributed by atoms with Crippen molar-refractivity contribution in [3.05, 3.63) is 86.3 Å². The lowest BCUT2D eigenvalue weighted by atomic mass is 10.2. The van der Waals surface area contributed by atoms with E-state index in [1.807, 2.05) is 30.3 Å². The van der Waals surface area contributed by atoms with Gasteiger partial charge in [-0.3, -0.25) is 4.99 Å². The predicted molar refractivity (Wildman–Crippen MR) is 120 cm³/mol. The Morgan fingerprint density at radius 3 is 2.67 bits per heavy atom. The third kappa shape index (κ3) is 4.35. The van der Waals surface area contributed by atoms with Gasteiger partial charge in [0.1, 0.15) is 6.61 Å². The van der Waals surface area contributed by atoms with E-state index in [0.29, 0.717) is 32.7 Å².